The summed E-state index contributed by atoms with van der Waals surface area (Å²) >= 11 is 4.72. The minimum absolute atomic E-state index is 0.702. The van der Waals surface area contributed by atoms with Gasteiger partial charge in [0.1, 0.15) is 0 Å². The number of nitrogens with zero attached hydrogens (tertiary/aromatic N) is 2. The van der Waals surface area contributed by atoms with Gasteiger partial charge in [-0.15, -0.1) is 10.2 Å². The Hall–Kier alpha value is -0.880. The quantitative estimate of drug-likeness (QED) is 0.934. The van der Waals surface area contributed by atoms with Gasteiger partial charge in [-0.25, -0.2) is 0 Å². The topological polar surface area (TPSA) is 51.0 Å². The molecule has 1 N–H and O–H groups in total. The first-order valence-corrected chi connectivity index (χ1v) is 5.73. The zero-order chi connectivity index (χ0) is 9.97. The lowest BCUT2D eigenvalue weighted by Crippen LogP contribution is -1.94. The van der Waals surface area contributed by atoms with E-state index in [4.69, 9.17) is 4.42 Å². The van der Waals surface area contributed by atoms with Crippen LogP contribution in [0.5, 0.6) is 0 Å². The van der Waals surface area contributed by atoms with Crippen molar-refractivity contribution in [3.8, 4) is 10.8 Å². The Morgan fingerprint density at radius 3 is 3.00 bits per heavy atom. The molecule has 6 heteroatoms. The third-order valence-corrected chi connectivity index (χ3v) is 2.86. The zero-order valence-electron chi connectivity index (χ0n) is 7.45. The van der Waals surface area contributed by atoms with Crippen LogP contribution in [-0.4, -0.2) is 16.7 Å². The van der Waals surface area contributed by atoms with Crippen molar-refractivity contribution in [1.29, 1.82) is 0 Å². The SMILES string of the molecule is CCNc1nnc(-c2ccc(Br)o2)s1. The van der Waals surface area contributed by atoms with Crippen LogP contribution < -0.4 is 5.32 Å². The fraction of sp³-hybridized carbons (Fsp3) is 0.250. The van der Waals surface area contributed by atoms with Crippen molar-refractivity contribution in [1.82, 2.24) is 10.2 Å². The fourth-order valence-corrected chi connectivity index (χ4v) is 2.05. The summed E-state index contributed by atoms with van der Waals surface area (Å²) in [5.41, 5.74) is 0. The highest BCUT2D eigenvalue weighted by Crippen LogP contribution is 2.29. The normalized spacial score (nSPS) is 10.4. The Labute approximate surface area is 93.5 Å². The molecule has 2 heterocycles. The van der Waals surface area contributed by atoms with E-state index in [2.05, 4.69) is 31.4 Å². The van der Waals surface area contributed by atoms with Crippen LogP contribution in [0.1, 0.15) is 6.92 Å². The van der Waals surface area contributed by atoms with Crippen molar-refractivity contribution in [2.75, 3.05) is 11.9 Å². The first kappa shape index (κ1) is 9.67. The predicted octanol–water partition coefficient (Wildman–Crippen LogP) is 2.99. The van der Waals surface area contributed by atoms with E-state index in [9.17, 15) is 0 Å². The Bertz CT molecular complexity index is 426. The molecule has 0 unspecified atom stereocenters. The number of rotatable bonds is 3. The molecule has 4 nitrogen and oxygen atoms in total. The number of aromatic nitrogens is 2. The molecule has 0 saturated heterocycles. The molecule has 0 aliphatic carbocycles. The van der Waals surface area contributed by atoms with Crippen molar-refractivity contribution in [3.63, 3.8) is 0 Å². The van der Waals surface area contributed by atoms with Gasteiger partial charge in [0.15, 0.2) is 15.4 Å². The monoisotopic (exact) mass is 273 g/mol. The van der Waals surface area contributed by atoms with Crippen molar-refractivity contribution in [2.24, 2.45) is 0 Å². The van der Waals surface area contributed by atoms with Crippen LogP contribution in [0.2, 0.25) is 0 Å². The number of furan rings is 1. The molecule has 74 valence electrons. The Morgan fingerprint density at radius 1 is 1.50 bits per heavy atom. The van der Waals surface area contributed by atoms with Gasteiger partial charge in [0.25, 0.3) is 0 Å². The lowest BCUT2D eigenvalue weighted by atomic mass is 10.5. The molecule has 0 atom stereocenters. The molecule has 0 amide bonds. The van der Waals surface area contributed by atoms with Crippen LogP contribution in [0.15, 0.2) is 21.2 Å². The molecule has 2 aromatic rings. The highest BCUT2D eigenvalue weighted by atomic mass is 79.9. The molecule has 0 saturated carbocycles. The van der Waals surface area contributed by atoms with Crippen molar-refractivity contribution < 1.29 is 4.42 Å². The van der Waals surface area contributed by atoms with Crippen molar-refractivity contribution in [3.05, 3.63) is 16.8 Å². The molecular formula is C8H8BrN3OS. The van der Waals surface area contributed by atoms with E-state index >= 15 is 0 Å². The number of halogens is 1. The van der Waals surface area contributed by atoms with E-state index in [1.54, 1.807) is 0 Å². The average molecular weight is 274 g/mol. The summed E-state index contributed by atoms with van der Waals surface area (Å²) in [6.45, 7) is 2.86. The predicted molar refractivity (Wildman–Crippen MR) is 59.5 cm³/mol. The molecule has 0 aromatic carbocycles. The van der Waals surface area contributed by atoms with Crippen molar-refractivity contribution in [2.45, 2.75) is 6.92 Å². The van der Waals surface area contributed by atoms with Gasteiger partial charge in [0.05, 0.1) is 0 Å². The summed E-state index contributed by atoms with van der Waals surface area (Å²) in [5, 5.41) is 12.7. The molecule has 2 aromatic heterocycles. The van der Waals surface area contributed by atoms with E-state index in [1.165, 1.54) is 11.3 Å². The van der Waals surface area contributed by atoms with Crippen LogP contribution in [0, 0.1) is 0 Å². The largest absolute Gasteiger partial charge is 0.447 e. The van der Waals surface area contributed by atoms with Crippen LogP contribution in [0.3, 0.4) is 0 Å². The molecule has 0 aliphatic rings. The average Bonchev–Trinajstić information content (AvgIpc) is 2.74. The standard InChI is InChI=1S/C8H8BrN3OS/c1-2-10-8-12-11-7(14-8)5-3-4-6(9)13-5/h3-4H,2H2,1H3,(H,10,12). The lowest BCUT2D eigenvalue weighted by molar-refractivity contribution is 0.555. The molecule has 0 spiro atoms. The summed E-state index contributed by atoms with van der Waals surface area (Å²) in [4.78, 5) is 0. The highest BCUT2D eigenvalue weighted by molar-refractivity contribution is 9.10. The van der Waals surface area contributed by atoms with Gasteiger partial charge in [0, 0.05) is 6.54 Å². The number of hydrogen-bond donors (Lipinski definition) is 1. The second-order valence-electron chi connectivity index (χ2n) is 2.55. The summed E-state index contributed by atoms with van der Waals surface area (Å²) in [7, 11) is 0. The van der Waals surface area contributed by atoms with Gasteiger partial charge < -0.3 is 9.73 Å². The van der Waals surface area contributed by atoms with Crippen LogP contribution in [0.25, 0.3) is 10.8 Å². The highest BCUT2D eigenvalue weighted by Gasteiger charge is 2.09. The Balaban J connectivity index is 2.24. The van der Waals surface area contributed by atoms with E-state index in [0.717, 1.165) is 22.4 Å². The zero-order valence-corrected chi connectivity index (χ0v) is 9.85. The lowest BCUT2D eigenvalue weighted by Gasteiger charge is -1.91. The van der Waals surface area contributed by atoms with Gasteiger partial charge in [-0.3, -0.25) is 0 Å². The second-order valence-corrected chi connectivity index (χ2v) is 4.31. The van der Waals surface area contributed by atoms with Gasteiger partial charge in [-0.1, -0.05) is 11.3 Å². The number of anilines is 1. The number of hydrogen-bond acceptors (Lipinski definition) is 5. The summed E-state index contributed by atoms with van der Waals surface area (Å²) < 4.78 is 6.06. The third kappa shape index (κ3) is 1.96. The third-order valence-electron chi connectivity index (χ3n) is 1.54. The molecule has 14 heavy (non-hydrogen) atoms. The van der Waals surface area contributed by atoms with Gasteiger partial charge in [0.2, 0.25) is 5.13 Å². The van der Waals surface area contributed by atoms with Gasteiger partial charge >= 0.3 is 0 Å². The Morgan fingerprint density at radius 2 is 2.36 bits per heavy atom. The maximum Gasteiger partial charge on any atom is 0.206 e. The fourth-order valence-electron chi connectivity index (χ4n) is 0.975. The first-order valence-electron chi connectivity index (χ1n) is 4.12. The minimum atomic E-state index is 0.702. The molecular weight excluding hydrogens is 266 g/mol. The molecule has 0 aliphatic heterocycles. The van der Waals surface area contributed by atoms with Crippen LogP contribution in [0.4, 0.5) is 5.13 Å². The molecule has 0 fully saturated rings. The molecule has 2 rings (SSSR count). The second kappa shape index (κ2) is 4.10. The smallest absolute Gasteiger partial charge is 0.206 e. The van der Waals surface area contributed by atoms with Crippen LogP contribution >= 0.6 is 27.3 Å². The molecule has 0 bridgehead atoms. The van der Waals surface area contributed by atoms with E-state index in [-0.39, 0.29) is 0 Å². The van der Waals surface area contributed by atoms with E-state index in [0.29, 0.717) is 4.67 Å². The van der Waals surface area contributed by atoms with Crippen molar-refractivity contribution >= 4 is 32.4 Å². The molecule has 0 radical (unpaired) electrons. The number of nitrogens with one attached hydrogen (secondary N) is 1. The first-order chi connectivity index (χ1) is 6.79. The maximum absolute atomic E-state index is 5.36. The van der Waals surface area contributed by atoms with E-state index in [1.807, 2.05) is 19.1 Å². The van der Waals surface area contributed by atoms with Crippen LogP contribution in [-0.2, 0) is 0 Å². The summed E-state index contributed by atoms with van der Waals surface area (Å²) in [5.74, 6) is 0.735. The summed E-state index contributed by atoms with van der Waals surface area (Å²) in [6, 6.07) is 3.70. The maximum atomic E-state index is 5.36. The van der Waals surface area contributed by atoms with Gasteiger partial charge in [-0.2, -0.15) is 0 Å². The van der Waals surface area contributed by atoms with Gasteiger partial charge in [-0.05, 0) is 35.0 Å². The van der Waals surface area contributed by atoms with E-state index < -0.39 is 0 Å². The summed E-state index contributed by atoms with van der Waals surface area (Å²) in [6.07, 6.45) is 0. The Kier molecular flexibility index (Phi) is 2.83. The minimum Gasteiger partial charge on any atom is -0.447 e.